The van der Waals surface area contributed by atoms with Gasteiger partial charge in [-0.2, -0.15) is 0 Å². The highest BCUT2D eigenvalue weighted by Crippen LogP contribution is 2.64. The Balaban J connectivity index is 1.84. The van der Waals surface area contributed by atoms with Crippen LogP contribution < -0.4 is 0 Å². The van der Waals surface area contributed by atoms with E-state index in [2.05, 4.69) is 0 Å². The third kappa shape index (κ3) is 3.59. The van der Waals surface area contributed by atoms with Gasteiger partial charge >= 0.3 is 17.9 Å². The van der Waals surface area contributed by atoms with Crippen LogP contribution in [0.4, 0.5) is 0 Å². The Kier molecular flexibility index (Phi) is 6.98. The Labute approximate surface area is 253 Å². The van der Waals surface area contributed by atoms with E-state index in [0.717, 1.165) is 14.2 Å². The number of fused-ring (bicyclic) bond motifs is 2. The second-order valence-corrected chi connectivity index (χ2v) is 10.5. The van der Waals surface area contributed by atoms with Crippen molar-refractivity contribution >= 4 is 29.5 Å². The van der Waals surface area contributed by atoms with Gasteiger partial charge in [-0.05, 0) is 17.2 Å². The lowest BCUT2D eigenvalue weighted by molar-refractivity contribution is -0.182. The van der Waals surface area contributed by atoms with Gasteiger partial charge in [-0.3, -0.25) is 14.4 Å². The van der Waals surface area contributed by atoms with Gasteiger partial charge in [0.15, 0.2) is 11.3 Å². The first-order chi connectivity index (χ1) is 21.3. The molecule has 3 unspecified atom stereocenters. The number of likely N-dealkylation sites (tertiary alicyclic amines) is 1. The number of carbonyl (C=O) groups is 5. The number of hydrogen-bond donors (Lipinski definition) is 0. The molecule has 4 aromatic rings. The number of hydrogen-bond acceptors (Lipinski definition) is 9. The van der Waals surface area contributed by atoms with Crippen LogP contribution in [0.5, 0.6) is 0 Å². The lowest BCUT2D eigenvalue weighted by Crippen LogP contribution is -2.65. The molecule has 1 fully saturated rings. The number of nitrogens with zero attached hydrogens (tertiary/aromatic N) is 1. The molecule has 2 aliphatic heterocycles. The quantitative estimate of drug-likeness (QED) is 0.135. The Morgan fingerprint density at radius 1 is 0.705 bits per heavy atom. The van der Waals surface area contributed by atoms with Gasteiger partial charge in [-0.15, -0.1) is 0 Å². The monoisotopic (exact) mass is 589 g/mol. The summed E-state index contributed by atoms with van der Waals surface area (Å²) < 4.78 is 16.8. The fraction of sp³-hybridized carbons (Fsp3) is 0.171. The largest absolute Gasteiger partial charge is 0.468 e. The summed E-state index contributed by atoms with van der Waals surface area (Å²) in [6, 6.07) is 30.7. The zero-order chi connectivity index (χ0) is 31.1. The van der Waals surface area contributed by atoms with Crippen LogP contribution in [0.2, 0.25) is 0 Å². The Bertz CT molecular complexity index is 1790. The van der Waals surface area contributed by atoms with Crippen molar-refractivity contribution < 1.29 is 38.2 Å². The molecule has 0 aliphatic carbocycles. The van der Waals surface area contributed by atoms with Gasteiger partial charge in [0.2, 0.25) is 11.2 Å². The summed E-state index contributed by atoms with van der Waals surface area (Å²) in [4.78, 5) is 74.5. The number of rotatable bonds is 7. The van der Waals surface area contributed by atoms with Crippen LogP contribution in [-0.2, 0) is 46.4 Å². The minimum Gasteiger partial charge on any atom is -0.468 e. The van der Waals surface area contributed by atoms with E-state index in [4.69, 9.17) is 14.2 Å². The first kappa shape index (κ1) is 28.7. The van der Waals surface area contributed by atoms with Gasteiger partial charge in [0.25, 0.3) is 5.72 Å². The third-order valence-electron chi connectivity index (χ3n) is 8.45. The maximum absolute atomic E-state index is 15.5. The summed E-state index contributed by atoms with van der Waals surface area (Å²) in [5.41, 5.74) is -7.09. The van der Waals surface area contributed by atoms with Crippen LogP contribution >= 0.6 is 0 Å². The minimum atomic E-state index is -2.94. The highest BCUT2D eigenvalue weighted by molar-refractivity contribution is 6.34. The van der Waals surface area contributed by atoms with Gasteiger partial charge in [-0.25, -0.2) is 14.5 Å². The van der Waals surface area contributed by atoms with Crippen LogP contribution in [-0.4, -0.2) is 48.6 Å². The molecule has 0 N–H and O–H groups in total. The second-order valence-electron chi connectivity index (χ2n) is 10.5. The molecule has 44 heavy (non-hydrogen) atoms. The summed E-state index contributed by atoms with van der Waals surface area (Å²) in [6.45, 7) is -0.223. The van der Waals surface area contributed by atoms with E-state index in [0.29, 0.717) is 5.56 Å². The predicted molar refractivity (Wildman–Crippen MR) is 156 cm³/mol. The molecule has 2 heterocycles. The zero-order valence-electron chi connectivity index (χ0n) is 23.9. The molecule has 2 aliphatic rings. The number of benzene rings is 4. The average Bonchev–Trinajstić information content (AvgIpc) is 3.48. The molecule has 220 valence electrons. The number of Topliss-reactive ketones (excluding diaryl/α,β-unsaturated/α-hetero) is 2. The number of carbonyl (C=O) groups excluding carboxylic acids is 5. The van der Waals surface area contributed by atoms with Crippen molar-refractivity contribution in [1.82, 2.24) is 4.90 Å². The first-order valence-electron chi connectivity index (χ1n) is 13.8. The standard InChI is InChI=1S/C35H27NO8/c1-42-31(40)33(28(37)24-16-8-4-9-17-24)30(39)35(27-21-13-12-20-26(27)29(38)44-35)36(22-23-14-6-3-7-15-23)34(33,32(41)43-2)25-18-10-5-11-19-25/h3-21H,22H2,1-2H3. The molecular formula is C35H27NO8. The number of ether oxygens (including phenoxy) is 3. The summed E-state index contributed by atoms with van der Waals surface area (Å²) in [5, 5.41) is 0. The van der Waals surface area contributed by atoms with Crippen molar-refractivity contribution in [3.63, 3.8) is 0 Å². The summed E-state index contributed by atoms with van der Waals surface area (Å²) >= 11 is 0. The van der Waals surface area contributed by atoms with E-state index in [9.17, 15) is 14.4 Å². The van der Waals surface area contributed by atoms with Crippen LogP contribution in [0.25, 0.3) is 0 Å². The van der Waals surface area contributed by atoms with E-state index in [1.165, 1.54) is 41.3 Å². The number of esters is 3. The second kappa shape index (κ2) is 10.7. The highest BCUT2D eigenvalue weighted by Gasteiger charge is 2.87. The molecule has 3 atom stereocenters. The molecule has 0 amide bonds. The van der Waals surface area contributed by atoms with E-state index >= 15 is 9.59 Å². The van der Waals surface area contributed by atoms with Gasteiger partial charge in [0.05, 0.1) is 19.8 Å². The first-order valence-corrected chi connectivity index (χ1v) is 13.8. The molecule has 9 nitrogen and oxygen atoms in total. The van der Waals surface area contributed by atoms with Crippen molar-refractivity contribution in [2.75, 3.05) is 14.2 Å². The molecule has 0 aromatic heterocycles. The molecule has 0 radical (unpaired) electrons. The van der Waals surface area contributed by atoms with E-state index in [-0.39, 0.29) is 28.8 Å². The van der Waals surface area contributed by atoms with Crippen LogP contribution in [0, 0.1) is 5.41 Å². The van der Waals surface area contributed by atoms with Crippen LogP contribution in [0.1, 0.15) is 37.4 Å². The lowest BCUT2D eigenvalue weighted by Gasteiger charge is -2.45. The molecule has 0 saturated carbocycles. The fourth-order valence-corrected chi connectivity index (χ4v) is 6.69. The van der Waals surface area contributed by atoms with Crippen molar-refractivity contribution in [3.05, 3.63) is 143 Å². The minimum absolute atomic E-state index is 0.0372. The Hall–Kier alpha value is -5.41. The summed E-state index contributed by atoms with van der Waals surface area (Å²) in [7, 11) is 2.14. The third-order valence-corrected chi connectivity index (χ3v) is 8.45. The van der Waals surface area contributed by atoms with E-state index in [1.807, 2.05) is 0 Å². The molecular weight excluding hydrogens is 562 g/mol. The predicted octanol–water partition coefficient (Wildman–Crippen LogP) is 4.21. The maximum atomic E-state index is 15.5. The maximum Gasteiger partial charge on any atom is 0.341 e. The van der Waals surface area contributed by atoms with Crippen LogP contribution in [0.3, 0.4) is 0 Å². The summed E-state index contributed by atoms with van der Waals surface area (Å²) in [5.74, 6) is -5.42. The SMILES string of the molecule is COC(=O)C1(C(=O)c2ccccc2)C(=O)C2(OC(=O)c3ccccc32)N(Cc2ccccc2)C1(C(=O)OC)c1ccccc1. The Morgan fingerprint density at radius 2 is 1.25 bits per heavy atom. The molecule has 6 rings (SSSR count). The van der Waals surface area contributed by atoms with Crippen molar-refractivity contribution in [1.29, 1.82) is 0 Å². The van der Waals surface area contributed by atoms with Crippen molar-refractivity contribution in [2.24, 2.45) is 5.41 Å². The molecule has 0 bridgehead atoms. The molecule has 1 spiro atoms. The van der Waals surface area contributed by atoms with Gasteiger partial charge in [-0.1, -0.05) is 109 Å². The van der Waals surface area contributed by atoms with Gasteiger partial charge < -0.3 is 14.2 Å². The summed E-state index contributed by atoms with van der Waals surface area (Å²) in [6.07, 6.45) is 0. The fourth-order valence-electron chi connectivity index (χ4n) is 6.69. The van der Waals surface area contributed by atoms with Gasteiger partial charge in [0.1, 0.15) is 0 Å². The normalized spacial score (nSPS) is 24.0. The van der Waals surface area contributed by atoms with Crippen molar-refractivity contribution in [2.45, 2.75) is 17.8 Å². The number of methoxy groups -OCH3 is 2. The molecule has 9 heteroatoms. The number of ketones is 2. The smallest absolute Gasteiger partial charge is 0.341 e. The lowest BCUT2D eigenvalue weighted by atomic mass is 9.61. The van der Waals surface area contributed by atoms with Crippen LogP contribution in [0.15, 0.2) is 115 Å². The van der Waals surface area contributed by atoms with E-state index in [1.54, 1.807) is 78.9 Å². The topological polar surface area (TPSA) is 116 Å². The van der Waals surface area contributed by atoms with Crippen molar-refractivity contribution in [3.8, 4) is 0 Å². The molecule has 4 aromatic carbocycles. The molecule has 1 saturated heterocycles. The Morgan fingerprint density at radius 3 is 1.86 bits per heavy atom. The van der Waals surface area contributed by atoms with E-state index < -0.39 is 46.2 Å². The average molecular weight is 590 g/mol. The zero-order valence-corrected chi connectivity index (χ0v) is 23.9. The van der Waals surface area contributed by atoms with Gasteiger partial charge in [0, 0.05) is 17.7 Å². The highest BCUT2D eigenvalue weighted by atomic mass is 16.6.